The summed E-state index contributed by atoms with van der Waals surface area (Å²) in [5, 5.41) is 0. The third-order valence-electron chi connectivity index (χ3n) is 3.49. The number of likely N-dealkylation sites (N-methyl/N-ethyl adjacent to an activating group) is 1. The lowest BCUT2D eigenvalue weighted by Crippen LogP contribution is -2.27. The summed E-state index contributed by atoms with van der Waals surface area (Å²) >= 11 is 9.44. The molecule has 0 saturated carbocycles. The largest absolute Gasteiger partial charge is 0.383 e. The Hall–Kier alpha value is -0.620. The number of nitrogens with zero attached hydrogens (tertiary/aromatic N) is 3. The first-order valence-corrected chi connectivity index (χ1v) is 8.36. The molecule has 0 spiro atoms. The Morgan fingerprint density at radius 3 is 2.90 bits per heavy atom. The molecule has 0 atom stereocenters. The predicted octanol–water partition coefficient (Wildman–Crippen LogP) is 3.16. The first-order valence-electron chi connectivity index (χ1n) is 7.04. The molecule has 0 amide bonds. The fourth-order valence-corrected chi connectivity index (χ4v) is 2.82. The van der Waals surface area contributed by atoms with Crippen molar-refractivity contribution in [1.29, 1.82) is 0 Å². The average molecular weight is 375 g/mol. The molecule has 0 bridgehead atoms. The Morgan fingerprint density at radius 2 is 2.19 bits per heavy atom. The van der Waals surface area contributed by atoms with Gasteiger partial charge in [0.15, 0.2) is 0 Å². The van der Waals surface area contributed by atoms with E-state index in [1.165, 1.54) is 0 Å². The van der Waals surface area contributed by atoms with Crippen LogP contribution in [-0.4, -0.2) is 54.2 Å². The maximum atomic E-state index is 5.91. The van der Waals surface area contributed by atoms with Crippen molar-refractivity contribution in [2.45, 2.75) is 13.0 Å². The molecule has 0 aliphatic heterocycles. The number of ether oxygens (including phenoxy) is 1. The molecule has 0 aliphatic rings. The molecule has 1 aromatic heterocycles. The van der Waals surface area contributed by atoms with Crippen LogP contribution in [0.1, 0.15) is 5.82 Å². The summed E-state index contributed by atoms with van der Waals surface area (Å²) < 4.78 is 8.45. The molecule has 0 fully saturated rings. The van der Waals surface area contributed by atoms with Crippen molar-refractivity contribution in [3.63, 3.8) is 0 Å². The zero-order valence-electron chi connectivity index (χ0n) is 12.5. The molecule has 116 valence electrons. The molecular weight excluding hydrogens is 354 g/mol. The molecule has 1 aromatic carbocycles. The van der Waals surface area contributed by atoms with Gasteiger partial charge in [-0.1, -0.05) is 15.9 Å². The Labute approximate surface area is 139 Å². The number of benzene rings is 1. The lowest BCUT2D eigenvalue weighted by Gasteiger charge is -2.17. The molecule has 6 heteroatoms. The normalized spacial score (nSPS) is 11.7. The van der Waals surface area contributed by atoms with E-state index < -0.39 is 0 Å². The molecule has 0 aliphatic carbocycles. The van der Waals surface area contributed by atoms with Crippen molar-refractivity contribution < 1.29 is 4.74 Å². The molecule has 21 heavy (non-hydrogen) atoms. The second-order valence-electron chi connectivity index (χ2n) is 5.05. The van der Waals surface area contributed by atoms with Gasteiger partial charge in [0.25, 0.3) is 0 Å². The second-order valence-corrected chi connectivity index (χ2v) is 6.34. The van der Waals surface area contributed by atoms with Crippen LogP contribution < -0.4 is 0 Å². The summed E-state index contributed by atoms with van der Waals surface area (Å²) in [7, 11) is 3.84. The summed E-state index contributed by atoms with van der Waals surface area (Å²) in [6.07, 6.45) is 0.787. The van der Waals surface area contributed by atoms with Gasteiger partial charge in [-0.2, -0.15) is 0 Å². The number of alkyl halides is 1. The molecule has 0 unspecified atom stereocenters. The number of aromatic nitrogens is 2. The number of fused-ring (bicyclic) bond motifs is 1. The SMILES string of the molecule is COCCN(C)CCn1c(CCCl)nc2ccc(Br)cc21. The van der Waals surface area contributed by atoms with Crippen LogP contribution in [-0.2, 0) is 17.7 Å². The van der Waals surface area contributed by atoms with Gasteiger partial charge in [-0.3, -0.25) is 0 Å². The number of hydrogen-bond acceptors (Lipinski definition) is 3. The number of imidazole rings is 1. The summed E-state index contributed by atoms with van der Waals surface area (Å²) in [6.45, 7) is 3.54. The van der Waals surface area contributed by atoms with E-state index in [2.05, 4.69) is 38.5 Å². The van der Waals surface area contributed by atoms with Gasteiger partial charge >= 0.3 is 0 Å². The van der Waals surface area contributed by atoms with E-state index in [1.807, 2.05) is 12.1 Å². The van der Waals surface area contributed by atoms with E-state index in [-0.39, 0.29) is 0 Å². The zero-order chi connectivity index (χ0) is 15.2. The topological polar surface area (TPSA) is 30.3 Å². The van der Waals surface area contributed by atoms with Crippen molar-refractivity contribution in [3.8, 4) is 0 Å². The Balaban J connectivity index is 2.19. The van der Waals surface area contributed by atoms with Crippen LogP contribution in [0.2, 0.25) is 0 Å². The van der Waals surface area contributed by atoms with E-state index in [0.29, 0.717) is 5.88 Å². The minimum absolute atomic E-state index is 0.587. The first kappa shape index (κ1) is 16.7. The van der Waals surface area contributed by atoms with Crippen LogP contribution in [0.25, 0.3) is 11.0 Å². The van der Waals surface area contributed by atoms with E-state index in [4.69, 9.17) is 21.3 Å². The summed E-state index contributed by atoms with van der Waals surface area (Å²) in [6, 6.07) is 6.19. The van der Waals surface area contributed by atoms with Crippen LogP contribution in [0.4, 0.5) is 0 Å². The molecular formula is C15H21BrClN3O. The highest BCUT2D eigenvalue weighted by Crippen LogP contribution is 2.21. The lowest BCUT2D eigenvalue weighted by atomic mass is 10.3. The highest BCUT2D eigenvalue weighted by molar-refractivity contribution is 9.10. The Kier molecular flexibility index (Phi) is 6.48. The number of hydrogen-bond donors (Lipinski definition) is 0. The monoisotopic (exact) mass is 373 g/mol. The molecule has 0 radical (unpaired) electrons. The van der Waals surface area contributed by atoms with E-state index in [1.54, 1.807) is 7.11 Å². The van der Waals surface area contributed by atoms with Crippen molar-refractivity contribution in [2.24, 2.45) is 0 Å². The van der Waals surface area contributed by atoms with E-state index >= 15 is 0 Å². The maximum absolute atomic E-state index is 5.91. The molecule has 4 nitrogen and oxygen atoms in total. The fourth-order valence-electron chi connectivity index (χ4n) is 2.30. The van der Waals surface area contributed by atoms with Gasteiger partial charge in [0.05, 0.1) is 17.6 Å². The summed E-state index contributed by atoms with van der Waals surface area (Å²) in [4.78, 5) is 6.96. The van der Waals surface area contributed by atoms with E-state index in [9.17, 15) is 0 Å². The maximum Gasteiger partial charge on any atom is 0.111 e. The smallest absolute Gasteiger partial charge is 0.111 e. The molecule has 0 N–H and O–H groups in total. The van der Waals surface area contributed by atoms with Gasteiger partial charge < -0.3 is 14.2 Å². The van der Waals surface area contributed by atoms with Gasteiger partial charge in [-0.05, 0) is 25.2 Å². The van der Waals surface area contributed by atoms with Crippen LogP contribution in [0.5, 0.6) is 0 Å². The Bertz CT molecular complexity index is 588. The highest BCUT2D eigenvalue weighted by Gasteiger charge is 2.11. The summed E-state index contributed by atoms with van der Waals surface area (Å²) in [5.74, 6) is 1.64. The van der Waals surface area contributed by atoms with Crippen molar-refractivity contribution in [2.75, 3.05) is 39.7 Å². The van der Waals surface area contributed by atoms with Gasteiger partial charge in [0.1, 0.15) is 5.82 Å². The fraction of sp³-hybridized carbons (Fsp3) is 0.533. The number of methoxy groups -OCH3 is 1. The van der Waals surface area contributed by atoms with Crippen molar-refractivity contribution >= 4 is 38.6 Å². The van der Waals surface area contributed by atoms with Crippen LogP contribution in [0.15, 0.2) is 22.7 Å². The third kappa shape index (κ3) is 4.42. The minimum atomic E-state index is 0.587. The second kappa shape index (κ2) is 8.13. The van der Waals surface area contributed by atoms with Crippen LogP contribution >= 0.6 is 27.5 Å². The van der Waals surface area contributed by atoms with Gasteiger partial charge in [-0.25, -0.2) is 4.98 Å². The Morgan fingerprint density at radius 1 is 1.38 bits per heavy atom. The quantitative estimate of drug-likeness (QED) is 0.665. The first-order chi connectivity index (χ1) is 10.2. The average Bonchev–Trinajstić information content (AvgIpc) is 2.80. The van der Waals surface area contributed by atoms with Crippen LogP contribution in [0.3, 0.4) is 0 Å². The van der Waals surface area contributed by atoms with Gasteiger partial charge in [0.2, 0.25) is 0 Å². The molecule has 0 saturated heterocycles. The molecule has 1 heterocycles. The lowest BCUT2D eigenvalue weighted by molar-refractivity contribution is 0.159. The number of rotatable bonds is 8. The third-order valence-corrected chi connectivity index (χ3v) is 4.17. The van der Waals surface area contributed by atoms with Crippen LogP contribution in [0, 0.1) is 0 Å². The van der Waals surface area contributed by atoms with Gasteiger partial charge in [0, 0.05) is 43.5 Å². The predicted molar refractivity (Wildman–Crippen MR) is 91.2 cm³/mol. The van der Waals surface area contributed by atoms with Gasteiger partial charge in [-0.15, -0.1) is 11.6 Å². The standard InChI is InChI=1S/C15H21BrClN3O/c1-19(9-10-21-2)7-8-20-14-11-12(16)3-4-13(14)18-15(20)5-6-17/h3-4,11H,5-10H2,1-2H3. The molecule has 2 aromatic rings. The van der Waals surface area contributed by atoms with E-state index in [0.717, 1.165) is 54.0 Å². The highest BCUT2D eigenvalue weighted by atomic mass is 79.9. The number of halogens is 2. The summed E-state index contributed by atoms with van der Waals surface area (Å²) in [5.41, 5.74) is 2.18. The van der Waals surface area contributed by atoms with Crippen molar-refractivity contribution in [3.05, 3.63) is 28.5 Å². The molecule has 2 rings (SSSR count). The minimum Gasteiger partial charge on any atom is -0.383 e. The van der Waals surface area contributed by atoms with Crippen molar-refractivity contribution in [1.82, 2.24) is 14.5 Å². The zero-order valence-corrected chi connectivity index (χ0v) is 14.8. The number of aryl methyl sites for hydroxylation is 1.